The van der Waals surface area contributed by atoms with Crippen LogP contribution in [0, 0.1) is 0 Å². The van der Waals surface area contributed by atoms with Gasteiger partial charge in [0.2, 0.25) is 0 Å². The lowest BCUT2D eigenvalue weighted by atomic mass is 10.0. The fourth-order valence-electron chi connectivity index (χ4n) is 2.06. The molecule has 0 amide bonds. The van der Waals surface area contributed by atoms with Gasteiger partial charge in [-0.05, 0) is 25.8 Å². The summed E-state index contributed by atoms with van der Waals surface area (Å²) in [5.74, 6) is 0. The van der Waals surface area contributed by atoms with Gasteiger partial charge >= 0.3 is 0 Å². The lowest BCUT2D eigenvalue weighted by Gasteiger charge is -2.22. The Hall–Kier alpha value is -0.830. The van der Waals surface area contributed by atoms with E-state index in [1.54, 1.807) is 0 Å². The van der Waals surface area contributed by atoms with Crippen LogP contribution in [0.3, 0.4) is 0 Å². The molecule has 0 aliphatic rings. The Morgan fingerprint density at radius 2 is 2.12 bits per heavy atom. The predicted octanol–water partition coefficient (Wildman–Crippen LogP) is 3.42. The lowest BCUT2D eigenvalue weighted by Crippen LogP contribution is -2.31. The first-order chi connectivity index (χ1) is 7.77. The molecular weight excluding hydrogens is 198 g/mol. The third-order valence-corrected chi connectivity index (χ3v) is 3.02. The highest BCUT2D eigenvalue weighted by Gasteiger charge is 2.12. The van der Waals surface area contributed by atoms with E-state index in [0.29, 0.717) is 12.1 Å². The molecule has 92 valence electrons. The van der Waals surface area contributed by atoms with Gasteiger partial charge in [0, 0.05) is 18.3 Å². The fraction of sp³-hybridized carbons (Fsp3) is 0.769. The number of aromatic amines is 1. The molecule has 1 rings (SSSR count). The Morgan fingerprint density at radius 3 is 2.69 bits per heavy atom. The van der Waals surface area contributed by atoms with E-state index in [4.69, 9.17) is 0 Å². The van der Waals surface area contributed by atoms with Gasteiger partial charge in [-0.25, -0.2) is 0 Å². The van der Waals surface area contributed by atoms with Crippen molar-refractivity contribution in [2.24, 2.45) is 0 Å². The molecule has 1 aromatic heterocycles. The van der Waals surface area contributed by atoms with Crippen molar-refractivity contribution in [1.29, 1.82) is 0 Å². The highest BCUT2D eigenvalue weighted by atomic mass is 15.1. The molecule has 0 bridgehead atoms. The van der Waals surface area contributed by atoms with E-state index in [1.807, 2.05) is 12.3 Å². The number of aromatic nitrogens is 2. The number of hydrogen-bond donors (Lipinski definition) is 2. The van der Waals surface area contributed by atoms with Crippen LogP contribution in [0.5, 0.6) is 0 Å². The van der Waals surface area contributed by atoms with Gasteiger partial charge in [-0.1, -0.05) is 33.1 Å². The van der Waals surface area contributed by atoms with Gasteiger partial charge in [-0.2, -0.15) is 5.10 Å². The minimum absolute atomic E-state index is 0.371. The van der Waals surface area contributed by atoms with Gasteiger partial charge in [-0.3, -0.25) is 5.10 Å². The summed E-state index contributed by atoms with van der Waals surface area (Å²) in [5, 5.41) is 10.7. The monoisotopic (exact) mass is 223 g/mol. The number of rotatable bonds is 8. The number of unbranched alkanes of at least 4 members (excludes halogenated alkanes) is 1. The molecule has 0 fully saturated rings. The zero-order valence-electron chi connectivity index (χ0n) is 10.8. The Morgan fingerprint density at radius 1 is 1.31 bits per heavy atom. The third-order valence-electron chi connectivity index (χ3n) is 3.02. The molecule has 3 nitrogen and oxygen atoms in total. The Labute approximate surface area is 99.0 Å². The van der Waals surface area contributed by atoms with E-state index in [-0.39, 0.29) is 0 Å². The third kappa shape index (κ3) is 4.35. The van der Waals surface area contributed by atoms with Crippen molar-refractivity contribution in [2.45, 2.75) is 65.0 Å². The maximum Gasteiger partial charge on any atom is 0.0518 e. The minimum Gasteiger partial charge on any atom is -0.306 e. The van der Waals surface area contributed by atoms with Crippen molar-refractivity contribution >= 4 is 0 Å². The normalized spacial score (nSPS) is 14.9. The molecule has 0 saturated carbocycles. The van der Waals surface area contributed by atoms with Crippen LogP contribution in [-0.2, 0) is 0 Å². The molecule has 2 N–H and O–H groups in total. The van der Waals surface area contributed by atoms with Crippen LogP contribution in [-0.4, -0.2) is 16.2 Å². The average molecular weight is 223 g/mol. The van der Waals surface area contributed by atoms with E-state index < -0.39 is 0 Å². The van der Waals surface area contributed by atoms with E-state index >= 15 is 0 Å². The standard InChI is InChI=1S/C13H25N3/c1-4-6-8-12(7-5-2)15-11(3)13-9-10-14-16-13/h9-12,15H,4-8H2,1-3H3,(H,14,16). The van der Waals surface area contributed by atoms with Crippen molar-refractivity contribution < 1.29 is 0 Å². The van der Waals surface area contributed by atoms with E-state index in [9.17, 15) is 0 Å². The summed E-state index contributed by atoms with van der Waals surface area (Å²) in [6, 6.07) is 3.06. The molecule has 0 aromatic carbocycles. The molecule has 0 saturated heterocycles. The maximum absolute atomic E-state index is 3.99. The van der Waals surface area contributed by atoms with E-state index in [2.05, 4.69) is 36.3 Å². The molecule has 0 radical (unpaired) electrons. The van der Waals surface area contributed by atoms with Crippen LogP contribution in [0.2, 0.25) is 0 Å². The lowest BCUT2D eigenvalue weighted by molar-refractivity contribution is 0.392. The second kappa shape index (κ2) is 7.44. The van der Waals surface area contributed by atoms with Crippen molar-refractivity contribution in [1.82, 2.24) is 15.5 Å². The highest BCUT2D eigenvalue weighted by Crippen LogP contribution is 2.14. The average Bonchev–Trinajstić information content (AvgIpc) is 2.79. The quantitative estimate of drug-likeness (QED) is 0.709. The highest BCUT2D eigenvalue weighted by molar-refractivity contribution is 5.03. The van der Waals surface area contributed by atoms with Crippen LogP contribution >= 0.6 is 0 Å². The van der Waals surface area contributed by atoms with Crippen LogP contribution in [0.1, 0.15) is 64.6 Å². The van der Waals surface area contributed by atoms with Gasteiger partial charge in [0.1, 0.15) is 0 Å². The van der Waals surface area contributed by atoms with Crippen LogP contribution in [0.15, 0.2) is 12.3 Å². The summed E-state index contributed by atoms with van der Waals surface area (Å²) in [5.41, 5.74) is 1.18. The van der Waals surface area contributed by atoms with Crippen LogP contribution in [0.4, 0.5) is 0 Å². The number of nitrogens with one attached hydrogen (secondary N) is 2. The summed E-state index contributed by atoms with van der Waals surface area (Å²) in [6.45, 7) is 6.70. The summed E-state index contributed by atoms with van der Waals surface area (Å²) in [4.78, 5) is 0. The maximum atomic E-state index is 3.99. The molecular formula is C13H25N3. The topological polar surface area (TPSA) is 40.7 Å². The van der Waals surface area contributed by atoms with Crippen molar-refractivity contribution in [3.05, 3.63) is 18.0 Å². The Bertz CT molecular complexity index is 256. The first kappa shape index (κ1) is 13.2. The van der Waals surface area contributed by atoms with Crippen LogP contribution in [0.25, 0.3) is 0 Å². The largest absolute Gasteiger partial charge is 0.306 e. The number of hydrogen-bond acceptors (Lipinski definition) is 2. The number of nitrogens with zero attached hydrogens (tertiary/aromatic N) is 1. The molecule has 0 aliphatic carbocycles. The van der Waals surface area contributed by atoms with Gasteiger partial charge in [0.05, 0.1) is 5.69 Å². The molecule has 3 heteroatoms. The summed E-state index contributed by atoms with van der Waals surface area (Å²) in [7, 11) is 0. The van der Waals surface area contributed by atoms with Crippen molar-refractivity contribution in [3.63, 3.8) is 0 Å². The smallest absolute Gasteiger partial charge is 0.0518 e. The molecule has 0 spiro atoms. The predicted molar refractivity (Wildman–Crippen MR) is 68.4 cm³/mol. The second-order valence-corrected chi connectivity index (χ2v) is 4.53. The number of H-pyrrole nitrogens is 1. The van der Waals surface area contributed by atoms with Crippen LogP contribution < -0.4 is 5.32 Å². The molecule has 2 atom stereocenters. The molecule has 1 heterocycles. The van der Waals surface area contributed by atoms with E-state index in [1.165, 1.54) is 37.8 Å². The van der Waals surface area contributed by atoms with Gasteiger partial charge < -0.3 is 5.32 Å². The Kier molecular flexibility index (Phi) is 6.16. The zero-order valence-corrected chi connectivity index (χ0v) is 10.8. The minimum atomic E-state index is 0.371. The molecule has 2 unspecified atom stereocenters. The summed E-state index contributed by atoms with van der Waals surface area (Å²) >= 11 is 0. The first-order valence-electron chi connectivity index (χ1n) is 6.53. The van der Waals surface area contributed by atoms with Gasteiger partial charge in [-0.15, -0.1) is 0 Å². The van der Waals surface area contributed by atoms with Gasteiger partial charge in [0.25, 0.3) is 0 Å². The fourth-order valence-corrected chi connectivity index (χ4v) is 2.06. The second-order valence-electron chi connectivity index (χ2n) is 4.53. The van der Waals surface area contributed by atoms with Gasteiger partial charge in [0.15, 0.2) is 0 Å². The summed E-state index contributed by atoms with van der Waals surface area (Å²) in [6.07, 6.45) is 8.19. The Balaban J connectivity index is 2.40. The molecule has 1 aromatic rings. The molecule has 0 aliphatic heterocycles. The SMILES string of the molecule is CCCCC(CCC)NC(C)c1ccn[nH]1. The summed E-state index contributed by atoms with van der Waals surface area (Å²) < 4.78 is 0. The van der Waals surface area contributed by atoms with Crippen molar-refractivity contribution in [3.8, 4) is 0 Å². The van der Waals surface area contributed by atoms with E-state index in [0.717, 1.165) is 0 Å². The first-order valence-corrected chi connectivity index (χ1v) is 6.53. The zero-order chi connectivity index (χ0) is 11.8. The van der Waals surface area contributed by atoms with Crippen molar-refractivity contribution in [2.75, 3.05) is 0 Å². The molecule has 16 heavy (non-hydrogen) atoms.